The number of hydrogen-bond donors (Lipinski definition) is 2. The lowest BCUT2D eigenvalue weighted by Gasteiger charge is -2.14. The van der Waals surface area contributed by atoms with Gasteiger partial charge in [-0.15, -0.1) is 0 Å². The van der Waals surface area contributed by atoms with Gasteiger partial charge >= 0.3 is 0 Å². The van der Waals surface area contributed by atoms with Crippen LogP contribution >= 0.6 is 15.9 Å². The SMILES string of the molecule is COc1ccc(C(O)CNc2cc(Br)ccc2F)cc1. The molecule has 0 radical (unpaired) electrons. The van der Waals surface area contributed by atoms with Crippen molar-refractivity contribution < 1.29 is 14.2 Å². The number of halogens is 2. The van der Waals surface area contributed by atoms with Crippen LogP contribution in [0.2, 0.25) is 0 Å². The van der Waals surface area contributed by atoms with E-state index < -0.39 is 6.10 Å². The van der Waals surface area contributed by atoms with Crippen molar-refractivity contribution in [1.82, 2.24) is 0 Å². The molecule has 2 rings (SSSR count). The van der Waals surface area contributed by atoms with Crippen molar-refractivity contribution in [1.29, 1.82) is 0 Å². The molecule has 0 amide bonds. The summed E-state index contributed by atoms with van der Waals surface area (Å²) in [6.45, 7) is 0.222. The molecule has 0 aliphatic rings. The molecule has 0 spiro atoms. The van der Waals surface area contributed by atoms with Crippen LogP contribution in [0.15, 0.2) is 46.9 Å². The third-order valence-corrected chi connectivity index (χ3v) is 3.41. The summed E-state index contributed by atoms with van der Waals surface area (Å²) in [5.74, 6) is 0.377. The van der Waals surface area contributed by atoms with Gasteiger partial charge in [0.25, 0.3) is 0 Å². The number of anilines is 1. The fourth-order valence-corrected chi connectivity index (χ4v) is 2.14. The van der Waals surface area contributed by atoms with Gasteiger partial charge in [0.15, 0.2) is 0 Å². The fourth-order valence-electron chi connectivity index (χ4n) is 1.78. The predicted molar refractivity (Wildman–Crippen MR) is 80.5 cm³/mol. The topological polar surface area (TPSA) is 41.5 Å². The zero-order chi connectivity index (χ0) is 14.5. The first-order valence-corrected chi connectivity index (χ1v) is 6.90. The van der Waals surface area contributed by atoms with Crippen molar-refractivity contribution in [2.45, 2.75) is 6.10 Å². The number of benzene rings is 2. The van der Waals surface area contributed by atoms with E-state index in [0.29, 0.717) is 5.69 Å². The van der Waals surface area contributed by atoms with Crippen LogP contribution < -0.4 is 10.1 Å². The summed E-state index contributed by atoms with van der Waals surface area (Å²) >= 11 is 3.28. The van der Waals surface area contributed by atoms with E-state index in [9.17, 15) is 9.50 Å². The minimum Gasteiger partial charge on any atom is -0.497 e. The maximum Gasteiger partial charge on any atom is 0.146 e. The molecule has 106 valence electrons. The van der Waals surface area contributed by atoms with Crippen LogP contribution in [0, 0.1) is 5.82 Å². The van der Waals surface area contributed by atoms with Gasteiger partial charge in [-0.25, -0.2) is 4.39 Å². The van der Waals surface area contributed by atoms with Crippen LogP contribution in [0.25, 0.3) is 0 Å². The number of aliphatic hydroxyl groups is 1. The second-order valence-electron chi connectivity index (χ2n) is 4.29. The van der Waals surface area contributed by atoms with E-state index in [-0.39, 0.29) is 12.4 Å². The summed E-state index contributed by atoms with van der Waals surface area (Å²) in [6, 6.07) is 11.7. The second-order valence-corrected chi connectivity index (χ2v) is 5.21. The fraction of sp³-hybridized carbons (Fsp3) is 0.200. The van der Waals surface area contributed by atoms with Gasteiger partial charge < -0.3 is 15.2 Å². The molecule has 0 aliphatic carbocycles. The first-order chi connectivity index (χ1) is 9.60. The zero-order valence-corrected chi connectivity index (χ0v) is 12.5. The Morgan fingerprint density at radius 2 is 1.95 bits per heavy atom. The van der Waals surface area contributed by atoms with Crippen LogP contribution in [-0.4, -0.2) is 18.8 Å². The molecule has 0 saturated carbocycles. The summed E-state index contributed by atoms with van der Waals surface area (Å²) in [4.78, 5) is 0. The summed E-state index contributed by atoms with van der Waals surface area (Å²) in [5, 5.41) is 13.0. The first-order valence-electron chi connectivity index (χ1n) is 6.11. The van der Waals surface area contributed by atoms with E-state index in [2.05, 4.69) is 21.2 Å². The highest BCUT2D eigenvalue weighted by Gasteiger charge is 2.09. The Morgan fingerprint density at radius 1 is 1.25 bits per heavy atom. The lowest BCUT2D eigenvalue weighted by Crippen LogP contribution is -2.13. The number of nitrogens with one attached hydrogen (secondary N) is 1. The highest BCUT2D eigenvalue weighted by atomic mass is 79.9. The van der Waals surface area contributed by atoms with Crippen LogP contribution in [0.5, 0.6) is 5.75 Å². The maximum absolute atomic E-state index is 13.5. The van der Waals surface area contributed by atoms with Crippen LogP contribution in [0.4, 0.5) is 10.1 Å². The molecule has 2 aromatic rings. The smallest absolute Gasteiger partial charge is 0.146 e. The van der Waals surface area contributed by atoms with Gasteiger partial charge in [0.05, 0.1) is 18.9 Å². The molecule has 20 heavy (non-hydrogen) atoms. The zero-order valence-electron chi connectivity index (χ0n) is 10.9. The van der Waals surface area contributed by atoms with E-state index in [1.807, 2.05) is 0 Å². The average Bonchev–Trinajstić information content (AvgIpc) is 2.48. The number of rotatable bonds is 5. The van der Waals surface area contributed by atoms with Crippen molar-refractivity contribution >= 4 is 21.6 Å². The Morgan fingerprint density at radius 3 is 2.60 bits per heavy atom. The molecule has 0 heterocycles. The van der Waals surface area contributed by atoms with Crippen molar-refractivity contribution in [2.75, 3.05) is 19.0 Å². The molecule has 5 heteroatoms. The molecule has 0 aromatic heterocycles. The molecule has 2 N–H and O–H groups in total. The molecule has 1 atom stereocenters. The van der Waals surface area contributed by atoms with Crippen LogP contribution in [0.1, 0.15) is 11.7 Å². The van der Waals surface area contributed by atoms with Crippen molar-refractivity contribution in [3.8, 4) is 5.75 Å². The average molecular weight is 340 g/mol. The third kappa shape index (κ3) is 3.71. The highest BCUT2D eigenvalue weighted by Crippen LogP contribution is 2.22. The molecular formula is C15H15BrFNO2. The number of ether oxygens (including phenoxy) is 1. The Bertz CT molecular complexity index is 575. The van der Waals surface area contributed by atoms with E-state index in [1.165, 1.54) is 6.07 Å². The molecule has 0 bridgehead atoms. The minimum atomic E-state index is -0.723. The van der Waals surface area contributed by atoms with Gasteiger partial charge in [0, 0.05) is 11.0 Å². The molecule has 1 unspecified atom stereocenters. The maximum atomic E-state index is 13.5. The van der Waals surface area contributed by atoms with Crippen molar-refractivity contribution in [3.63, 3.8) is 0 Å². The van der Waals surface area contributed by atoms with Crippen LogP contribution in [0.3, 0.4) is 0 Å². The second kappa shape index (κ2) is 6.72. The Hall–Kier alpha value is -1.59. The van der Waals surface area contributed by atoms with E-state index in [0.717, 1.165) is 15.8 Å². The Labute approximate surface area is 125 Å². The van der Waals surface area contributed by atoms with Crippen molar-refractivity contribution in [3.05, 3.63) is 58.3 Å². The molecule has 3 nitrogen and oxygen atoms in total. The van der Waals surface area contributed by atoms with Gasteiger partial charge in [-0.1, -0.05) is 28.1 Å². The lowest BCUT2D eigenvalue weighted by molar-refractivity contribution is 0.191. The third-order valence-electron chi connectivity index (χ3n) is 2.91. The van der Waals surface area contributed by atoms with E-state index in [1.54, 1.807) is 43.5 Å². The molecule has 2 aromatic carbocycles. The Balaban J connectivity index is 2.00. The van der Waals surface area contributed by atoms with E-state index >= 15 is 0 Å². The summed E-state index contributed by atoms with van der Waals surface area (Å²) < 4.78 is 19.4. The van der Waals surface area contributed by atoms with Crippen LogP contribution in [-0.2, 0) is 0 Å². The highest BCUT2D eigenvalue weighted by molar-refractivity contribution is 9.10. The van der Waals surface area contributed by atoms with Gasteiger partial charge in [-0.3, -0.25) is 0 Å². The van der Waals surface area contributed by atoms with Gasteiger partial charge in [0.2, 0.25) is 0 Å². The largest absolute Gasteiger partial charge is 0.497 e. The number of methoxy groups -OCH3 is 1. The normalized spacial score (nSPS) is 12.0. The number of hydrogen-bond acceptors (Lipinski definition) is 3. The Kier molecular flexibility index (Phi) is 4.98. The molecule has 0 saturated heterocycles. The minimum absolute atomic E-state index is 0.222. The van der Waals surface area contributed by atoms with E-state index in [4.69, 9.17) is 4.74 Å². The standard InChI is InChI=1S/C15H15BrFNO2/c1-20-12-5-2-10(3-6-12)15(19)9-18-14-8-11(16)4-7-13(14)17/h2-8,15,18-19H,9H2,1H3. The van der Waals surface area contributed by atoms with Gasteiger partial charge in [0.1, 0.15) is 11.6 Å². The quantitative estimate of drug-likeness (QED) is 0.871. The lowest BCUT2D eigenvalue weighted by atomic mass is 10.1. The monoisotopic (exact) mass is 339 g/mol. The number of aliphatic hydroxyl groups excluding tert-OH is 1. The summed E-state index contributed by atoms with van der Waals surface area (Å²) in [6.07, 6.45) is -0.723. The summed E-state index contributed by atoms with van der Waals surface area (Å²) in [7, 11) is 1.59. The molecule has 0 aliphatic heterocycles. The predicted octanol–water partition coefficient (Wildman–Crippen LogP) is 3.74. The first kappa shape index (κ1) is 14.8. The van der Waals surface area contributed by atoms with Gasteiger partial charge in [-0.2, -0.15) is 0 Å². The molecule has 0 fully saturated rings. The van der Waals surface area contributed by atoms with Gasteiger partial charge in [-0.05, 0) is 35.9 Å². The summed E-state index contributed by atoms with van der Waals surface area (Å²) in [5.41, 5.74) is 1.10. The molecular weight excluding hydrogens is 325 g/mol. The van der Waals surface area contributed by atoms with Crippen molar-refractivity contribution in [2.24, 2.45) is 0 Å².